The normalized spacial score (nSPS) is 14.1. The molecule has 0 bridgehead atoms. The molecule has 30 heavy (non-hydrogen) atoms. The number of anilines is 2. The third-order valence-corrected chi connectivity index (χ3v) is 7.88. The first kappa shape index (κ1) is 20.3. The van der Waals surface area contributed by atoms with Crippen LogP contribution in [0.15, 0.2) is 62.4 Å². The molecule has 0 unspecified atom stereocenters. The third-order valence-electron chi connectivity index (χ3n) is 4.30. The molecule has 0 radical (unpaired) electrons. The van der Waals surface area contributed by atoms with Crippen LogP contribution < -0.4 is 14.2 Å². The van der Waals surface area contributed by atoms with Gasteiger partial charge in [-0.2, -0.15) is 13.5 Å². The van der Waals surface area contributed by atoms with Gasteiger partial charge in [-0.1, -0.05) is 12.1 Å². The van der Waals surface area contributed by atoms with Gasteiger partial charge in [0.2, 0.25) is 0 Å². The van der Waals surface area contributed by atoms with Crippen molar-refractivity contribution >= 4 is 65.1 Å². The average molecular weight is 466 g/mol. The van der Waals surface area contributed by atoms with Crippen molar-refractivity contribution in [3.63, 3.8) is 0 Å². The van der Waals surface area contributed by atoms with Gasteiger partial charge in [0.15, 0.2) is 5.04 Å². The van der Waals surface area contributed by atoms with Crippen LogP contribution in [0.2, 0.25) is 0 Å². The van der Waals surface area contributed by atoms with Gasteiger partial charge in [-0.15, -0.1) is 5.10 Å². The molecular formula is C17H15N5O5S3. The molecule has 2 N–H and O–H groups in total. The summed E-state index contributed by atoms with van der Waals surface area (Å²) < 4.78 is 56.8. The Morgan fingerprint density at radius 3 is 2.30 bits per heavy atom. The fourth-order valence-corrected chi connectivity index (χ4v) is 5.75. The van der Waals surface area contributed by atoms with Crippen LogP contribution in [0.25, 0.3) is 10.9 Å². The van der Waals surface area contributed by atoms with E-state index in [1.807, 2.05) is 0 Å². The summed E-state index contributed by atoms with van der Waals surface area (Å²) in [5.74, 6) is 0. The number of hydrogen-bond acceptors (Lipinski definition) is 8. The molecule has 4 rings (SSSR count). The Kier molecular flexibility index (Phi) is 4.95. The van der Waals surface area contributed by atoms with Crippen LogP contribution in [0.1, 0.15) is 6.42 Å². The Morgan fingerprint density at radius 1 is 1.00 bits per heavy atom. The van der Waals surface area contributed by atoms with E-state index >= 15 is 0 Å². The maximum absolute atomic E-state index is 12.9. The fraction of sp³-hybridized carbons (Fsp3) is 0.118. The molecule has 1 aromatic heterocycles. The second-order valence-corrected chi connectivity index (χ2v) is 10.8. The van der Waals surface area contributed by atoms with Crippen LogP contribution in [0.4, 0.5) is 11.4 Å². The number of nitrogens with zero attached hydrogens (tertiary/aromatic N) is 3. The molecule has 2 aromatic carbocycles. The Bertz CT molecular complexity index is 1480. The zero-order valence-electron chi connectivity index (χ0n) is 15.4. The van der Waals surface area contributed by atoms with Crippen LogP contribution in [-0.4, -0.2) is 32.1 Å². The molecule has 0 amide bonds. The van der Waals surface area contributed by atoms with Crippen LogP contribution >= 0.6 is 11.5 Å². The van der Waals surface area contributed by atoms with Crippen molar-refractivity contribution in [3.05, 3.63) is 52.0 Å². The predicted molar refractivity (Wildman–Crippen MR) is 117 cm³/mol. The summed E-state index contributed by atoms with van der Waals surface area (Å²) >= 11 is 0.974. The van der Waals surface area contributed by atoms with Gasteiger partial charge < -0.3 is 0 Å². The molecular weight excluding hydrogens is 450 g/mol. The molecule has 0 atom stereocenters. The van der Waals surface area contributed by atoms with Gasteiger partial charge >= 0.3 is 0 Å². The lowest BCUT2D eigenvalue weighted by molar-refractivity contribution is 0.601. The third kappa shape index (κ3) is 3.74. The van der Waals surface area contributed by atoms with Gasteiger partial charge in [0.25, 0.3) is 24.8 Å². The molecule has 3 aromatic rings. The van der Waals surface area contributed by atoms with E-state index in [1.54, 1.807) is 29.2 Å². The highest BCUT2D eigenvalue weighted by atomic mass is 32.2. The lowest BCUT2D eigenvalue weighted by Crippen LogP contribution is -2.23. The first-order valence-corrected chi connectivity index (χ1v) is 12.2. The Hall–Kier alpha value is -3.03. The van der Waals surface area contributed by atoms with E-state index in [2.05, 4.69) is 19.6 Å². The summed E-state index contributed by atoms with van der Waals surface area (Å²) in [7, 11) is -6.37. The van der Waals surface area contributed by atoms with E-state index in [0.717, 1.165) is 11.5 Å². The largest absolute Gasteiger partial charge is 0.297 e. The number of para-hydroxylation sites is 2. The van der Waals surface area contributed by atoms with Gasteiger partial charge in [-0.25, -0.2) is 8.42 Å². The van der Waals surface area contributed by atoms with Gasteiger partial charge in [-0.05, 0) is 41.9 Å². The second-order valence-electron chi connectivity index (χ2n) is 6.31. The summed E-state index contributed by atoms with van der Waals surface area (Å²) in [6.45, 7) is 0. The van der Waals surface area contributed by atoms with E-state index in [4.69, 9.17) is 0 Å². The summed E-state index contributed by atoms with van der Waals surface area (Å²) in [6.07, 6.45) is 1.41. The van der Waals surface area contributed by atoms with E-state index in [1.165, 1.54) is 30.5 Å². The minimum absolute atomic E-state index is 0.0268. The molecule has 156 valence electrons. The van der Waals surface area contributed by atoms with Crippen molar-refractivity contribution in [2.75, 3.05) is 9.44 Å². The maximum atomic E-state index is 12.9. The average Bonchev–Trinajstić information content (AvgIpc) is 3.32. The van der Waals surface area contributed by atoms with Gasteiger partial charge in [0.1, 0.15) is 0 Å². The molecule has 1 aliphatic rings. The van der Waals surface area contributed by atoms with Crippen molar-refractivity contribution in [1.29, 1.82) is 0 Å². The lowest BCUT2D eigenvalue weighted by atomic mass is 10.2. The summed E-state index contributed by atoms with van der Waals surface area (Å²) in [5.41, 5.74) is 0.679. The number of aryl methyl sites for hydroxylation is 1. The highest BCUT2D eigenvalue weighted by molar-refractivity contribution is 8.07. The molecule has 0 saturated heterocycles. The van der Waals surface area contributed by atoms with E-state index in [-0.39, 0.29) is 32.5 Å². The zero-order chi connectivity index (χ0) is 21.5. The monoisotopic (exact) mass is 465 g/mol. The number of sulfonamides is 2. The Balaban J connectivity index is 1.67. The predicted octanol–water partition coefficient (Wildman–Crippen LogP) is 1.93. The topological polar surface area (TPSA) is 139 Å². The van der Waals surface area contributed by atoms with Crippen LogP contribution in [0, 0.1) is 0 Å². The van der Waals surface area contributed by atoms with E-state index < -0.39 is 20.0 Å². The highest BCUT2D eigenvalue weighted by Gasteiger charge is 2.24. The molecule has 0 saturated carbocycles. The number of fused-ring (bicyclic) bond motifs is 1. The van der Waals surface area contributed by atoms with Gasteiger partial charge in [-0.3, -0.25) is 18.2 Å². The van der Waals surface area contributed by atoms with E-state index in [9.17, 15) is 21.6 Å². The minimum atomic E-state index is -4.09. The molecule has 0 spiro atoms. The number of aromatic nitrogens is 1. The molecule has 2 heterocycles. The zero-order valence-corrected chi connectivity index (χ0v) is 17.9. The smallest absolute Gasteiger partial charge is 0.277 e. The number of hydrogen-bond donors (Lipinski definition) is 2. The number of rotatable bonds is 5. The number of nitrogens with one attached hydrogen (secondary N) is 2. The van der Waals surface area contributed by atoms with Crippen LogP contribution in [0.3, 0.4) is 0 Å². The van der Waals surface area contributed by atoms with E-state index in [0.29, 0.717) is 10.9 Å². The molecule has 0 fully saturated rings. The van der Waals surface area contributed by atoms with Crippen molar-refractivity contribution in [2.45, 2.75) is 11.3 Å². The standard InChI is InChI=1S/C17H15N5O5S3/c1-22-15-7-6-11(10-12(15)17(23)28-22)29(24,25)20-13-4-2-3-5-14(13)21-30(26,27)16-8-9-18-19-16/h2-7,9-10,20-21H,8H2,1H3. The minimum Gasteiger partial charge on any atom is -0.297 e. The maximum Gasteiger partial charge on any atom is 0.277 e. The Morgan fingerprint density at radius 2 is 1.67 bits per heavy atom. The molecule has 10 nitrogen and oxygen atoms in total. The lowest BCUT2D eigenvalue weighted by Gasteiger charge is -2.14. The summed E-state index contributed by atoms with van der Waals surface area (Å²) in [5, 5.41) is 7.22. The van der Waals surface area contributed by atoms with Gasteiger partial charge in [0.05, 0.1) is 27.2 Å². The fourth-order valence-electron chi connectivity index (χ4n) is 2.84. The van der Waals surface area contributed by atoms with Crippen LogP contribution in [0.5, 0.6) is 0 Å². The van der Waals surface area contributed by atoms with Crippen molar-refractivity contribution in [2.24, 2.45) is 17.3 Å². The molecule has 13 heteroatoms. The highest BCUT2D eigenvalue weighted by Crippen LogP contribution is 2.27. The van der Waals surface area contributed by atoms with Crippen molar-refractivity contribution < 1.29 is 16.8 Å². The second kappa shape index (κ2) is 7.34. The molecule has 0 aliphatic carbocycles. The van der Waals surface area contributed by atoms with Crippen molar-refractivity contribution in [1.82, 2.24) is 3.96 Å². The number of benzene rings is 2. The van der Waals surface area contributed by atoms with Gasteiger partial charge in [0, 0.05) is 19.7 Å². The summed E-state index contributed by atoms with van der Waals surface area (Å²) in [6, 6.07) is 10.2. The molecule has 1 aliphatic heterocycles. The quantitative estimate of drug-likeness (QED) is 0.593. The summed E-state index contributed by atoms with van der Waals surface area (Å²) in [4.78, 5) is 11.9. The SMILES string of the molecule is Cn1sc(=O)c2cc(S(=O)(=O)Nc3ccccc3NS(=O)(=O)C3=NN=CC3)ccc21. The first-order chi connectivity index (χ1) is 14.2. The first-order valence-electron chi connectivity index (χ1n) is 8.50. The van der Waals surface area contributed by atoms with Crippen molar-refractivity contribution in [3.8, 4) is 0 Å². The Labute approximate surface area is 175 Å². The van der Waals surface area contributed by atoms with Crippen LogP contribution in [-0.2, 0) is 27.1 Å².